The van der Waals surface area contributed by atoms with Crippen LogP contribution < -0.4 is 0 Å². The van der Waals surface area contributed by atoms with Crippen molar-refractivity contribution >= 4 is 11.8 Å². The Hall–Kier alpha value is -2.93. The number of thioether (sulfide) groups is 1. The van der Waals surface area contributed by atoms with Crippen LogP contribution in [0.2, 0.25) is 0 Å². The van der Waals surface area contributed by atoms with Crippen LogP contribution in [-0.2, 0) is 20.0 Å². The van der Waals surface area contributed by atoms with Gasteiger partial charge in [-0.25, -0.2) is 0 Å². The van der Waals surface area contributed by atoms with Crippen molar-refractivity contribution in [2.45, 2.75) is 24.5 Å². The predicted molar refractivity (Wildman–Crippen MR) is 111 cm³/mol. The minimum Gasteiger partial charge on any atom is -0.298 e. The van der Waals surface area contributed by atoms with Gasteiger partial charge in [-0.05, 0) is 36.1 Å². The summed E-state index contributed by atoms with van der Waals surface area (Å²) in [6, 6.07) is 14.4. The van der Waals surface area contributed by atoms with Crippen LogP contribution in [0.25, 0.3) is 11.4 Å². The topological polar surface area (TPSA) is 61.4 Å². The van der Waals surface area contributed by atoms with E-state index in [0.29, 0.717) is 0 Å². The lowest BCUT2D eigenvalue weighted by Crippen LogP contribution is -2.04. The second kappa shape index (κ2) is 8.84. The molecule has 4 rings (SSSR count). The maximum Gasteiger partial charge on any atom is 0.191 e. The Morgan fingerprint density at radius 3 is 2.54 bits per heavy atom. The summed E-state index contributed by atoms with van der Waals surface area (Å²) in [6.45, 7) is 0.746. The lowest BCUT2D eigenvalue weighted by molar-refractivity contribution is 0.714. The Morgan fingerprint density at radius 1 is 0.964 bits per heavy atom. The first-order chi connectivity index (χ1) is 13.8. The number of pyridine rings is 1. The van der Waals surface area contributed by atoms with E-state index in [1.807, 2.05) is 36.1 Å². The summed E-state index contributed by atoms with van der Waals surface area (Å²) in [5, 5.41) is 14.1. The lowest BCUT2D eigenvalue weighted by atomic mass is 10.2. The van der Waals surface area contributed by atoms with Crippen LogP contribution in [0.15, 0.2) is 72.4 Å². The molecule has 6 nitrogen and oxygen atoms in total. The monoisotopic (exact) mass is 390 g/mol. The molecule has 28 heavy (non-hydrogen) atoms. The molecule has 0 N–H and O–H groups in total. The molecule has 4 aromatic rings. The van der Waals surface area contributed by atoms with Gasteiger partial charge in [0.2, 0.25) is 0 Å². The fraction of sp³-hybridized carbons (Fsp3) is 0.238. The molecule has 0 aliphatic rings. The average Bonchev–Trinajstić information content (AvgIpc) is 3.33. The molecule has 0 bridgehead atoms. The highest BCUT2D eigenvalue weighted by molar-refractivity contribution is 7.99. The van der Waals surface area contributed by atoms with Crippen LogP contribution in [-0.4, -0.2) is 35.3 Å². The Balaban J connectivity index is 1.50. The molecule has 0 spiro atoms. The smallest absolute Gasteiger partial charge is 0.191 e. The molecule has 0 saturated heterocycles. The second-order valence-corrected chi connectivity index (χ2v) is 7.65. The van der Waals surface area contributed by atoms with Gasteiger partial charge < -0.3 is 0 Å². The highest BCUT2D eigenvalue weighted by atomic mass is 32.2. The van der Waals surface area contributed by atoms with E-state index in [2.05, 4.69) is 55.3 Å². The van der Waals surface area contributed by atoms with Crippen LogP contribution in [0.5, 0.6) is 0 Å². The SMILES string of the molecule is Cn1cc(CCCSc2nnc(-c3ccncc3)n2Cc2ccccc2)cn1. The summed E-state index contributed by atoms with van der Waals surface area (Å²) < 4.78 is 4.04. The van der Waals surface area contributed by atoms with Crippen molar-refractivity contribution in [2.75, 3.05) is 5.75 Å². The first-order valence-electron chi connectivity index (χ1n) is 9.27. The van der Waals surface area contributed by atoms with Crippen molar-refractivity contribution in [1.29, 1.82) is 0 Å². The minimum absolute atomic E-state index is 0.746. The van der Waals surface area contributed by atoms with Crippen molar-refractivity contribution in [3.8, 4) is 11.4 Å². The predicted octanol–water partition coefficient (Wildman–Crippen LogP) is 3.85. The number of hydrogen-bond donors (Lipinski definition) is 0. The van der Waals surface area contributed by atoms with Crippen LogP contribution in [0, 0.1) is 0 Å². The second-order valence-electron chi connectivity index (χ2n) is 6.59. The average molecular weight is 391 g/mol. The van der Waals surface area contributed by atoms with E-state index in [-0.39, 0.29) is 0 Å². The molecule has 0 saturated carbocycles. The van der Waals surface area contributed by atoms with Gasteiger partial charge in [0.1, 0.15) is 0 Å². The van der Waals surface area contributed by atoms with E-state index >= 15 is 0 Å². The van der Waals surface area contributed by atoms with E-state index in [9.17, 15) is 0 Å². The quantitative estimate of drug-likeness (QED) is 0.338. The highest BCUT2D eigenvalue weighted by Crippen LogP contribution is 2.25. The first-order valence-corrected chi connectivity index (χ1v) is 10.3. The molecule has 0 aliphatic carbocycles. The summed E-state index contributed by atoms with van der Waals surface area (Å²) >= 11 is 1.75. The van der Waals surface area contributed by atoms with E-state index in [1.165, 1.54) is 11.1 Å². The van der Waals surface area contributed by atoms with E-state index in [1.54, 1.807) is 24.2 Å². The molecule has 1 aromatic carbocycles. The fourth-order valence-electron chi connectivity index (χ4n) is 3.06. The van der Waals surface area contributed by atoms with Gasteiger partial charge in [0.25, 0.3) is 0 Å². The Kier molecular flexibility index (Phi) is 5.82. The molecule has 0 atom stereocenters. The van der Waals surface area contributed by atoms with Gasteiger partial charge in [0.15, 0.2) is 11.0 Å². The molecule has 0 aliphatic heterocycles. The van der Waals surface area contributed by atoms with Crippen molar-refractivity contribution < 1.29 is 0 Å². The zero-order valence-corrected chi connectivity index (χ0v) is 16.6. The molecule has 0 fully saturated rings. The number of aryl methyl sites for hydroxylation is 2. The summed E-state index contributed by atoms with van der Waals surface area (Å²) in [5.74, 6) is 1.86. The van der Waals surface area contributed by atoms with Gasteiger partial charge in [-0.2, -0.15) is 5.10 Å². The largest absolute Gasteiger partial charge is 0.298 e. The zero-order chi connectivity index (χ0) is 19.2. The van der Waals surface area contributed by atoms with Gasteiger partial charge in [0.05, 0.1) is 12.7 Å². The van der Waals surface area contributed by atoms with Crippen LogP contribution in [0.4, 0.5) is 0 Å². The van der Waals surface area contributed by atoms with Gasteiger partial charge >= 0.3 is 0 Å². The maximum atomic E-state index is 4.48. The van der Waals surface area contributed by atoms with Gasteiger partial charge in [-0.1, -0.05) is 42.1 Å². The summed E-state index contributed by atoms with van der Waals surface area (Å²) in [5.41, 5.74) is 3.53. The molecule has 0 unspecified atom stereocenters. The number of rotatable bonds is 8. The Labute approximate surface area is 168 Å². The van der Waals surface area contributed by atoms with Crippen molar-refractivity contribution in [3.63, 3.8) is 0 Å². The van der Waals surface area contributed by atoms with Crippen LogP contribution in [0.1, 0.15) is 17.5 Å². The fourth-order valence-corrected chi connectivity index (χ4v) is 3.94. The van der Waals surface area contributed by atoms with Crippen LogP contribution in [0.3, 0.4) is 0 Å². The number of hydrogen-bond acceptors (Lipinski definition) is 5. The third kappa shape index (κ3) is 4.48. The third-order valence-corrected chi connectivity index (χ3v) is 5.49. The molecule has 7 heteroatoms. The third-order valence-electron chi connectivity index (χ3n) is 4.44. The molecule has 3 aromatic heterocycles. The Morgan fingerprint density at radius 2 is 1.79 bits per heavy atom. The van der Waals surface area contributed by atoms with Gasteiger partial charge in [0, 0.05) is 37.0 Å². The van der Waals surface area contributed by atoms with Crippen molar-refractivity contribution in [1.82, 2.24) is 29.5 Å². The minimum atomic E-state index is 0.746. The molecule has 0 amide bonds. The summed E-state index contributed by atoms with van der Waals surface area (Å²) in [4.78, 5) is 4.11. The van der Waals surface area contributed by atoms with Crippen molar-refractivity contribution in [2.24, 2.45) is 7.05 Å². The van der Waals surface area contributed by atoms with Crippen molar-refractivity contribution in [3.05, 3.63) is 78.4 Å². The maximum absolute atomic E-state index is 4.48. The normalized spacial score (nSPS) is 11.0. The molecule has 3 heterocycles. The van der Waals surface area contributed by atoms with E-state index in [0.717, 1.165) is 41.7 Å². The van der Waals surface area contributed by atoms with E-state index in [4.69, 9.17) is 0 Å². The number of benzene rings is 1. The van der Waals surface area contributed by atoms with E-state index < -0.39 is 0 Å². The highest BCUT2D eigenvalue weighted by Gasteiger charge is 2.14. The standard InChI is InChI=1S/C21H22N6S/c1-26-15-18(14-23-26)8-5-13-28-21-25-24-20(19-9-11-22-12-10-19)27(21)16-17-6-3-2-4-7-17/h2-4,6-7,9-12,14-15H,5,8,13,16H2,1H3. The molecular weight excluding hydrogens is 368 g/mol. The number of aromatic nitrogens is 6. The number of nitrogens with zero attached hydrogens (tertiary/aromatic N) is 6. The molecular formula is C21H22N6S. The lowest BCUT2D eigenvalue weighted by Gasteiger charge is -2.10. The first kappa shape index (κ1) is 18.4. The zero-order valence-electron chi connectivity index (χ0n) is 15.8. The van der Waals surface area contributed by atoms with Crippen LogP contribution >= 0.6 is 11.8 Å². The van der Waals surface area contributed by atoms with Gasteiger partial charge in [-0.15, -0.1) is 10.2 Å². The Bertz CT molecular complexity index is 1010. The van der Waals surface area contributed by atoms with Gasteiger partial charge in [-0.3, -0.25) is 14.2 Å². The molecule has 142 valence electrons. The summed E-state index contributed by atoms with van der Waals surface area (Å²) in [7, 11) is 1.95. The summed E-state index contributed by atoms with van der Waals surface area (Å²) in [6.07, 6.45) is 9.67. The molecule has 0 radical (unpaired) electrons.